The number of nitrogens with one attached hydrogen (secondary N) is 1. The fourth-order valence-electron chi connectivity index (χ4n) is 5.89. The summed E-state index contributed by atoms with van der Waals surface area (Å²) in [7, 11) is 4.63. The number of Topliss-reactive ketones (excluding diaryl/α,β-unsaturated/α-hetero) is 1. The molecule has 1 aliphatic carbocycles. The number of hydrogen-bond acceptors (Lipinski definition) is 9. The molecule has 1 N–H and O–H groups in total. The number of carbonyl (C=O) groups excluding carboxylic acids is 3. The van der Waals surface area contributed by atoms with E-state index in [0.717, 1.165) is 16.8 Å². The highest BCUT2D eigenvalue weighted by Gasteiger charge is 2.42. The molecule has 0 spiro atoms. The summed E-state index contributed by atoms with van der Waals surface area (Å²) in [6.45, 7) is 3.20. The second-order valence-corrected chi connectivity index (χ2v) is 10.7. The molecule has 0 radical (unpaired) electrons. The number of hydrogen-bond donors (Lipinski definition) is 1. The number of benzene rings is 3. The van der Waals surface area contributed by atoms with Crippen LogP contribution >= 0.6 is 0 Å². The van der Waals surface area contributed by atoms with Gasteiger partial charge in [0, 0.05) is 36.2 Å². The van der Waals surface area contributed by atoms with Crippen molar-refractivity contribution >= 4 is 17.7 Å². The van der Waals surface area contributed by atoms with Gasteiger partial charge in [0.05, 0.1) is 26.9 Å². The normalized spacial score (nSPS) is 17.8. The van der Waals surface area contributed by atoms with Crippen LogP contribution in [0.4, 0.5) is 0 Å². The smallest absolute Gasteiger partial charge is 0.337 e. The van der Waals surface area contributed by atoms with E-state index in [1.54, 1.807) is 32.4 Å². The summed E-state index contributed by atoms with van der Waals surface area (Å²) >= 11 is 0. The van der Waals surface area contributed by atoms with E-state index in [1.165, 1.54) is 14.0 Å². The lowest BCUT2D eigenvalue weighted by molar-refractivity contribution is -0.140. The summed E-state index contributed by atoms with van der Waals surface area (Å²) in [4.78, 5) is 39.5. The van der Waals surface area contributed by atoms with Crippen LogP contribution in [0.25, 0.3) is 0 Å². The summed E-state index contributed by atoms with van der Waals surface area (Å²) in [5.41, 5.74) is 4.60. The molecule has 9 nitrogen and oxygen atoms in total. The van der Waals surface area contributed by atoms with E-state index in [9.17, 15) is 14.4 Å². The molecular weight excluding hydrogens is 562 g/mol. The molecule has 0 unspecified atom stereocenters. The van der Waals surface area contributed by atoms with Gasteiger partial charge in [-0.05, 0) is 60.2 Å². The van der Waals surface area contributed by atoms with Crippen molar-refractivity contribution < 1.29 is 38.1 Å². The van der Waals surface area contributed by atoms with Crippen LogP contribution in [0.3, 0.4) is 0 Å². The second kappa shape index (κ2) is 13.1. The van der Waals surface area contributed by atoms with Crippen LogP contribution in [0.15, 0.2) is 89.3 Å². The van der Waals surface area contributed by atoms with Crippen molar-refractivity contribution in [2.45, 2.75) is 45.1 Å². The Morgan fingerprint density at radius 3 is 2.14 bits per heavy atom. The molecule has 2 atom stereocenters. The molecule has 3 aromatic rings. The fraction of sp³-hybridized carbons (Fsp3) is 0.286. The van der Waals surface area contributed by atoms with E-state index >= 15 is 0 Å². The van der Waals surface area contributed by atoms with Crippen molar-refractivity contribution in [3.63, 3.8) is 0 Å². The highest BCUT2D eigenvalue weighted by molar-refractivity contribution is 6.04. The van der Waals surface area contributed by atoms with Crippen molar-refractivity contribution in [3.8, 4) is 23.0 Å². The highest BCUT2D eigenvalue weighted by Crippen LogP contribution is 2.47. The lowest BCUT2D eigenvalue weighted by Gasteiger charge is -2.37. The average Bonchev–Trinajstić information content (AvgIpc) is 3.02. The van der Waals surface area contributed by atoms with Crippen LogP contribution in [0.5, 0.6) is 23.0 Å². The van der Waals surface area contributed by atoms with E-state index in [1.807, 2.05) is 55.5 Å². The van der Waals surface area contributed by atoms with Crippen molar-refractivity contribution in [2.75, 3.05) is 21.3 Å². The summed E-state index contributed by atoms with van der Waals surface area (Å²) in [6, 6.07) is 20.1. The maximum atomic E-state index is 14.1. The van der Waals surface area contributed by atoms with Crippen LogP contribution in [0, 0.1) is 0 Å². The summed E-state index contributed by atoms with van der Waals surface area (Å²) in [5, 5.41) is 3.38. The minimum atomic E-state index is -0.728. The Labute approximate surface area is 256 Å². The van der Waals surface area contributed by atoms with Gasteiger partial charge in [0.1, 0.15) is 6.61 Å². The number of dihydropyridines is 1. The molecule has 228 valence electrons. The summed E-state index contributed by atoms with van der Waals surface area (Å²) in [5.74, 6) is -0.219. The second-order valence-electron chi connectivity index (χ2n) is 10.7. The first kappa shape index (κ1) is 30.4. The molecule has 2 aliphatic rings. The number of esters is 2. The Bertz CT molecular complexity index is 1660. The van der Waals surface area contributed by atoms with Gasteiger partial charge in [-0.15, -0.1) is 0 Å². The number of ketones is 1. The van der Waals surface area contributed by atoms with E-state index < -0.39 is 17.9 Å². The Morgan fingerprint density at radius 1 is 0.818 bits per heavy atom. The van der Waals surface area contributed by atoms with Gasteiger partial charge in [-0.3, -0.25) is 9.59 Å². The maximum Gasteiger partial charge on any atom is 0.337 e. The molecule has 0 fully saturated rings. The maximum absolute atomic E-state index is 14.1. The quantitative estimate of drug-likeness (QED) is 0.244. The summed E-state index contributed by atoms with van der Waals surface area (Å²) < 4.78 is 27.5. The molecule has 0 saturated heterocycles. The molecule has 9 heteroatoms. The van der Waals surface area contributed by atoms with Crippen LogP contribution in [0.1, 0.15) is 55.2 Å². The van der Waals surface area contributed by atoms with Crippen LogP contribution in [0.2, 0.25) is 0 Å². The van der Waals surface area contributed by atoms with Gasteiger partial charge >= 0.3 is 11.9 Å². The highest BCUT2D eigenvalue weighted by atomic mass is 16.6. The number of ether oxygens (including phenoxy) is 5. The Morgan fingerprint density at radius 2 is 1.45 bits per heavy atom. The summed E-state index contributed by atoms with van der Waals surface area (Å²) in [6.07, 6.45) is 0.778. The fourth-order valence-corrected chi connectivity index (χ4v) is 5.89. The Balaban J connectivity index is 1.55. The van der Waals surface area contributed by atoms with Gasteiger partial charge in [0.15, 0.2) is 28.8 Å². The number of methoxy groups -OCH3 is 3. The van der Waals surface area contributed by atoms with Gasteiger partial charge in [0.25, 0.3) is 0 Å². The zero-order valence-electron chi connectivity index (χ0n) is 25.4. The first-order valence-corrected chi connectivity index (χ1v) is 14.3. The molecule has 0 saturated carbocycles. The molecular formula is C35H35NO8. The predicted octanol–water partition coefficient (Wildman–Crippen LogP) is 5.74. The van der Waals surface area contributed by atoms with Crippen molar-refractivity contribution in [1.29, 1.82) is 0 Å². The average molecular weight is 598 g/mol. The van der Waals surface area contributed by atoms with E-state index in [-0.39, 0.29) is 30.5 Å². The molecule has 5 rings (SSSR count). The van der Waals surface area contributed by atoms with Crippen molar-refractivity contribution in [3.05, 3.63) is 106 Å². The van der Waals surface area contributed by atoms with E-state index in [2.05, 4.69) is 5.32 Å². The Hall–Kier alpha value is -5.05. The molecule has 0 amide bonds. The molecule has 44 heavy (non-hydrogen) atoms. The third-order valence-electron chi connectivity index (χ3n) is 7.91. The monoisotopic (exact) mass is 597 g/mol. The molecule has 1 aliphatic heterocycles. The first-order valence-electron chi connectivity index (χ1n) is 14.3. The van der Waals surface area contributed by atoms with Gasteiger partial charge in [-0.2, -0.15) is 0 Å². The number of carbonyl (C=O) groups is 3. The number of rotatable bonds is 9. The molecule has 0 bridgehead atoms. The zero-order chi connectivity index (χ0) is 31.4. The van der Waals surface area contributed by atoms with Crippen molar-refractivity contribution in [1.82, 2.24) is 5.32 Å². The largest absolute Gasteiger partial charge is 0.493 e. The number of allylic oxidation sites excluding steroid dienone is 3. The Kier molecular flexibility index (Phi) is 9.04. The SMILES string of the molecule is COc1ccc([C@H]2CC(=O)C3=C(C2)NC(C)=C(C(=O)OCc2ccccc2)[C@@H]3c2ccc(OC(C)=O)c(OC)c2)cc1OC. The van der Waals surface area contributed by atoms with E-state index in [4.69, 9.17) is 23.7 Å². The minimum absolute atomic E-state index is 0.0825. The third-order valence-corrected chi connectivity index (χ3v) is 7.91. The van der Waals surface area contributed by atoms with Crippen molar-refractivity contribution in [2.24, 2.45) is 0 Å². The van der Waals surface area contributed by atoms with Gasteiger partial charge in [0.2, 0.25) is 0 Å². The lowest BCUT2D eigenvalue weighted by Crippen LogP contribution is -2.36. The van der Waals surface area contributed by atoms with Crippen LogP contribution in [-0.2, 0) is 25.7 Å². The molecule has 3 aromatic carbocycles. The van der Waals surface area contributed by atoms with Crippen LogP contribution in [-0.4, -0.2) is 39.1 Å². The topological polar surface area (TPSA) is 109 Å². The lowest BCUT2D eigenvalue weighted by atomic mass is 9.71. The van der Waals surface area contributed by atoms with Gasteiger partial charge in [-0.1, -0.05) is 42.5 Å². The molecule has 1 heterocycles. The molecule has 0 aromatic heterocycles. The van der Waals surface area contributed by atoms with Gasteiger partial charge in [-0.25, -0.2) is 4.79 Å². The zero-order valence-corrected chi connectivity index (χ0v) is 25.4. The third kappa shape index (κ3) is 6.17. The van der Waals surface area contributed by atoms with Gasteiger partial charge < -0.3 is 29.0 Å². The predicted molar refractivity (Wildman–Crippen MR) is 163 cm³/mol. The van der Waals surface area contributed by atoms with E-state index in [0.29, 0.717) is 46.1 Å². The standard InChI is InChI=1S/C35H35NO8/c1-20-32(35(39)43-19-22-9-7-6-8-10-22)33(24-12-14-29(44-21(2)37)31(18-24)42-5)34-26(36-20)15-25(16-27(34)38)23-11-13-28(40-3)30(17-23)41-4/h6-14,17-18,25,33,36H,15-16,19H2,1-5H3/t25-,33+/m1/s1. The van der Waals surface area contributed by atoms with Crippen LogP contribution < -0.4 is 24.3 Å². The first-order chi connectivity index (χ1) is 21.2. The minimum Gasteiger partial charge on any atom is -0.493 e.